The molecule has 0 radical (unpaired) electrons. The van der Waals surface area contributed by atoms with Crippen LogP contribution < -0.4 is 11.1 Å². The first-order valence-corrected chi connectivity index (χ1v) is 6.83. The molecule has 21 heavy (non-hydrogen) atoms. The average molecular weight is 284 g/mol. The van der Waals surface area contributed by atoms with Crippen LogP contribution in [0.1, 0.15) is 11.1 Å². The molecule has 2 aromatic rings. The van der Waals surface area contributed by atoms with Crippen molar-refractivity contribution in [2.24, 2.45) is 5.73 Å². The number of hydrogen-bond acceptors (Lipinski definition) is 4. The van der Waals surface area contributed by atoms with Crippen LogP contribution in [0.2, 0.25) is 0 Å². The molecule has 0 bridgehead atoms. The molecule has 0 fully saturated rings. The molecule has 2 rings (SSSR count). The van der Waals surface area contributed by atoms with E-state index < -0.39 is 0 Å². The number of aromatic nitrogens is 1. The monoisotopic (exact) mass is 284 g/mol. The lowest BCUT2D eigenvalue weighted by Gasteiger charge is -2.16. The lowest BCUT2D eigenvalue weighted by atomic mass is 10.2. The maximum Gasteiger partial charge on any atom is 0.238 e. The maximum absolute atomic E-state index is 12.0. The summed E-state index contributed by atoms with van der Waals surface area (Å²) in [5.41, 5.74) is 8.50. The Balaban J connectivity index is 1.86. The van der Waals surface area contributed by atoms with Crippen molar-refractivity contribution >= 4 is 11.6 Å². The van der Waals surface area contributed by atoms with Crippen molar-refractivity contribution in [1.82, 2.24) is 9.88 Å². The van der Waals surface area contributed by atoms with Crippen molar-refractivity contribution in [3.8, 4) is 0 Å². The van der Waals surface area contributed by atoms with Crippen molar-refractivity contribution in [3.63, 3.8) is 0 Å². The normalized spacial score (nSPS) is 10.6. The Bertz CT molecular complexity index is 586. The first-order chi connectivity index (χ1) is 10.2. The summed E-state index contributed by atoms with van der Waals surface area (Å²) in [6.45, 7) is 1.50. The third-order valence-corrected chi connectivity index (χ3v) is 3.06. The largest absolute Gasteiger partial charge is 0.326 e. The fourth-order valence-corrected chi connectivity index (χ4v) is 2.08. The summed E-state index contributed by atoms with van der Waals surface area (Å²) in [5.74, 6) is -0.0410. The van der Waals surface area contributed by atoms with Crippen LogP contribution in [0.25, 0.3) is 0 Å². The van der Waals surface area contributed by atoms with Gasteiger partial charge in [-0.2, -0.15) is 0 Å². The average Bonchev–Trinajstić information content (AvgIpc) is 2.48. The van der Waals surface area contributed by atoms with E-state index in [0.717, 1.165) is 16.8 Å². The van der Waals surface area contributed by atoms with Gasteiger partial charge in [-0.05, 0) is 42.4 Å². The number of nitrogens with one attached hydrogen (secondary N) is 1. The Morgan fingerprint density at radius 1 is 1.24 bits per heavy atom. The van der Waals surface area contributed by atoms with E-state index in [1.165, 1.54) is 0 Å². The van der Waals surface area contributed by atoms with Crippen molar-refractivity contribution < 1.29 is 4.79 Å². The molecule has 0 unspecified atom stereocenters. The van der Waals surface area contributed by atoms with Crippen molar-refractivity contribution in [2.75, 3.05) is 18.9 Å². The molecule has 5 nitrogen and oxygen atoms in total. The second-order valence-corrected chi connectivity index (χ2v) is 4.98. The molecule has 0 aliphatic heterocycles. The molecular formula is C16H20N4O. The highest BCUT2D eigenvalue weighted by Crippen LogP contribution is 2.10. The summed E-state index contributed by atoms with van der Waals surface area (Å²) < 4.78 is 0. The Morgan fingerprint density at radius 2 is 2.00 bits per heavy atom. The van der Waals surface area contributed by atoms with Gasteiger partial charge in [-0.1, -0.05) is 12.1 Å². The van der Waals surface area contributed by atoms with Gasteiger partial charge in [-0.3, -0.25) is 14.7 Å². The van der Waals surface area contributed by atoms with Crippen LogP contribution in [-0.2, 0) is 17.9 Å². The van der Waals surface area contributed by atoms with Gasteiger partial charge >= 0.3 is 0 Å². The number of carbonyl (C=O) groups is 1. The number of amides is 1. The van der Waals surface area contributed by atoms with Gasteiger partial charge in [0.2, 0.25) is 5.91 Å². The summed E-state index contributed by atoms with van der Waals surface area (Å²) >= 11 is 0. The number of likely N-dealkylation sites (N-methyl/N-ethyl adjacent to an activating group) is 1. The van der Waals surface area contributed by atoms with E-state index in [2.05, 4.69) is 10.3 Å². The SMILES string of the molecule is CN(CC(=O)Nc1cccc(CN)c1)Cc1ccncc1. The zero-order valence-electron chi connectivity index (χ0n) is 12.1. The van der Waals surface area contributed by atoms with E-state index in [0.29, 0.717) is 19.6 Å². The number of hydrogen-bond donors (Lipinski definition) is 2. The summed E-state index contributed by atoms with van der Waals surface area (Å²) in [5, 5.41) is 2.88. The van der Waals surface area contributed by atoms with E-state index in [-0.39, 0.29) is 5.91 Å². The first-order valence-electron chi connectivity index (χ1n) is 6.83. The van der Waals surface area contributed by atoms with Gasteiger partial charge in [-0.15, -0.1) is 0 Å². The van der Waals surface area contributed by atoms with E-state index in [9.17, 15) is 4.79 Å². The van der Waals surface area contributed by atoms with Crippen molar-refractivity contribution in [3.05, 3.63) is 59.9 Å². The molecule has 1 aromatic carbocycles. The highest BCUT2D eigenvalue weighted by molar-refractivity contribution is 5.92. The Kier molecular flexibility index (Phi) is 5.43. The van der Waals surface area contributed by atoms with Gasteiger partial charge in [0.1, 0.15) is 0 Å². The molecule has 1 amide bonds. The van der Waals surface area contributed by atoms with Gasteiger partial charge in [0.25, 0.3) is 0 Å². The third-order valence-electron chi connectivity index (χ3n) is 3.06. The molecule has 0 saturated carbocycles. The maximum atomic E-state index is 12.0. The van der Waals surface area contributed by atoms with E-state index in [1.54, 1.807) is 12.4 Å². The van der Waals surface area contributed by atoms with E-state index in [1.807, 2.05) is 48.3 Å². The van der Waals surface area contributed by atoms with Crippen molar-refractivity contribution in [1.29, 1.82) is 0 Å². The second kappa shape index (κ2) is 7.52. The minimum absolute atomic E-state index is 0.0410. The second-order valence-electron chi connectivity index (χ2n) is 4.98. The number of anilines is 1. The van der Waals surface area contributed by atoms with Crippen LogP contribution in [-0.4, -0.2) is 29.4 Å². The Morgan fingerprint density at radius 3 is 2.71 bits per heavy atom. The zero-order chi connectivity index (χ0) is 15.1. The lowest BCUT2D eigenvalue weighted by Crippen LogP contribution is -2.29. The number of benzene rings is 1. The smallest absolute Gasteiger partial charge is 0.238 e. The Hall–Kier alpha value is -2.24. The molecule has 5 heteroatoms. The molecule has 0 saturated heterocycles. The van der Waals surface area contributed by atoms with Crippen LogP contribution in [0.15, 0.2) is 48.8 Å². The van der Waals surface area contributed by atoms with Gasteiger partial charge in [0.05, 0.1) is 6.54 Å². The molecule has 110 valence electrons. The topological polar surface area (TPSA) is 71.2 Å². The predicted octanol–water partition coefficient (Wildman–Crippen LogP) is 1.61. The summed E-state index contributed by atoms with van der Waals surface area (Å²) in [6, 6.07) is 11.5. The summed E-state index contributed by atoms with van der Waals surface area (Å²) in [7, 11) is 1.91. The molecule has 0 aliphatic carbocycles. The Labute approximate surface area is 124 Å². The van der Waals surface area contributed by atoms with Gasteiger partial charge < -0.3 is 11.1 Å². The first kappa shape index (κ1) is 15.2. The van der Waals surface area contributed by atoms with Crippen molar-refractivity contribution in [2.45, 2.75) is 13.1 Å². The van der Waals surface area contributed by atoms with Gasteiger partial charge in [-0.25, -0.2) is 0 Å². The number of carbonyl (C=O) groups excluding carboxylic acids is 1. The highest BCUT2D eigenvalue weighted by Gasteiger charge is 2.07. The molecule has 0 atom stereocenters. The van der Waals surface area contributed by atoms with Crippen LogP contribution in [0.4, 0.5) is 5.69 Å². The molecule has 0 aliphatic rings. The van der Waals surface area contributed by atoms with Crippen LogP contribution in [0.3, 0.4) is 0 Å². The van der Waals surface area contributed by atoms with E-state index in [4.69, 9.17) is 5.73 Å². The molecular weight excluding hydrogens is 264 g/mol. The fraction of sp³-hybridized carbons (Fsp3) is 0.250. The summed E-state index contributed by atoms with van der Waals surface area (Å²) in [6.07, 6.45) is 3.50. The number of nitrogens with zero attached hydrogens (tertiary/aromatic N) is 2. The number of rotatable bonds is 6. The standard InChI is InChI=1S/C16H20N4O/c1-20(11-13-5-7-18-8-6-13)12-16(21)19-15-4-2-3-14(9-15)10-17/h2-9H,10-12,17H2,1H3,(H,19,21). The molecule has 3 N–H and O–H groups in total. The lowest BCUT2D eigenvalue weighted by molar-refractivity contribution is -0.117. The highest BCUT2D eigenvalue weighted by atomic mass is 16.2. The summed E-state index contributed by atoms with van der Waals surface area (Å²) in [4.78, 5) is 17.9. The number of nitrogens with two attached hydrogens (primary N) is 1. The van der Waals surface area contributed by atoms with Crippen LogP contribution in [0, 0.1) is 0 Å². The molecule has 0 spiro atoms. The number of pyridine rings is 1. The zero-order valence-corrected chi connectivity index (χ0v) is 12.1. The van der Waals surface area contributed by atoms with Crippen LogP contribution in [0.5, 0.6) is 0 Å². The van der Waals surface area contributed by atoms with Crippen LogP contribution >= 0.6 is 0 Å². The minimum atomic E-state index is -0.0410. The molecule has 1 aromatic heterocycles. The quantitative estimate of drug-likeness (QED) is 0.845. The predicted molar refractivity (Wildman–Crippen MR) is 83.5 cm³/mol. The van der Waals surface area contributed by atoms with Gasteiger partial charge in [0, 0.05) is 31.2 Å². The van der Waals surface area contributed by atoms with E-state index >= 15 is 0 Å². The third kappa shape index (κ3) is 4.98. The molecule has 1 heterocycles. The van der Waals surface area contributed by atoms with Gasteiger partial charge in [0.15, 0.2) is 0 Å². The fourth-order valence-electron chi connectivity index (χ4n) is 2.08. The minimum Gasteiger partial charge on any atom is -0.326 e.